The van der Waals surface area contributed by atoms with Crippen molar-refractivity contribution in [2.45, 2.75) is 4.90 Å². The third-order valence-electron chi connectivity index (χ3n) is 5.69. The van der Waals surface area contributed by atoms with Crippen LogP contribution < -0.4 is 9.62 Å². The number of amides is 3. The Hall–Kier alpha value is -4.25. The number of esters is 1. The van der Waals surface area contributed by atoms with Crippen LogP contribution in [0.1, 0.15) is 20.7 Å². The largest absolute Gasteiger partial charge is 0.454 e. The summed E-state index contributed by atoms with van der Waals surface area (Å²) < 4.78 is 31.8. The van der Waals surface area contributed by atoms with Gasteiger partial charge in [0, 0.05) is 18.1 Å². The molecule has 2 aliphatic rings. The van der Waals surface area contributed by atoms with Crippen LogP contribution in [0, 0.1) is 0 Å². The number of anilines is 2. The van der Waals surface area contributed by atoms with Crippen LogP contribution in [-0.2, 0) is 24.3 Å². The van der Waals surface area contributed by atoms with Gasteiger partial charge in [0.2, 0.25) is 0 Å². The number of benzene rings is 3. The van der Waals surface area contributed by atoms with Crippen LogP contribution in [0.25, 0.3) is 10.8 Å². The predicted octanol–water partition coefficient (Wildman–Crippen LogP) is 1.76. The van der Waals surface area contributed by atoms with Gasteiger partial charge in [-0.05, 0) is 35.7 Å². The highest BCUT2D eigenvalue weighted by Gasteiger charge is 2.37. The number of ether oxygens (including phenoxy) is 1. The molecule has 0 spiro atoms. The first-order valence-corrected chi connectivity index (χ1v) is 11.6. The van der Waals surface area contributed by atoms with Crippen molar-refractivity contribution in [3.63, 3.8) is 0 Å². The van der Waals surface area contributed by atoms with Crippen molar-refractivity contribution >= 4 is 55.9 Å². The minimum atomic E-state index is -3.93. The van der Waals surface area contributed by atoms with Gasteiger partial charge in [0.25, 0.3) is 27.7 Å². The first kappa shape index (κ1) is 21.6. The quantitative estimate of drug-likeness (QED) is 0.436. The van der Waals surface area contributed by atoms with Crippen molar-refractivity contribution in [3.8, 4) is 0 Å². The monoisotopic (exact) mass is 479 g/mol. The van der Waals surface area contributed by atoms with E-state index in [0.717, 1.165) is 14.6 Å². The van der Waals surface area contributed by atoms with Gasteiger partial charge in [-0.3, -0.25) is 28.4 Å². The van der Waals surface area contributed by atoms with Gasteiger partial charge in [0.05, 0.1) is 21.7 Å². The highest BCUT2D eigenvalue weighted by Crippen LogP contribution is 2.41. The maximum Gasteiger partial charge on any atom is 0.327 e. The molecule has 0 bridgehead atoms. The number of sulfonamides is 1. The van der Waals surface area contributed by atoms with Crippen molar-refractivity contribution in [1.82, 2.24) is 4.90 Å². The maximum atomic E-state index is 12.9. The molecule has 10 nitrogen and oxygen atoms in total. The lowest BCUT2D eigenvalue weighted by Crippen LogP contribution is -2.34. The molecule has 1 N–H and O–H groups in total. The second-order valence-corrected chi connectivity index (χ2v) is 9.61. The average Bonchev–Trinajstić information content (AvgIpc) is 3.17. The zero-order valence-electron chi connectivity index (χ0n) is 17.8. The van der Waals surface area contributed by atoms with Crippen molar-refractivity contribution in [2.75, 3.05) is 29.8 Å². The summed E-state index contributed by atoms with van der Waals surface area (Å²) in [5, 5.41) is 3.75. The second-order valence-electron chi connectivity index (χ2n) is 7.78. The lowest BCUT2D eigenvalue weighted by molar-refractivity contribution is -0.145. The number of carbonyl (C=O) groups is 4. The Kier molecular flexibility index (Phi) is 4.87. The van der Waals surface area contributed by atoms with Gasteiger partial charge < -0.3 is 10.1 Å². The molecule has 0 saturated heterocycles. The molecule has 3 aromatic carbocycles. The molecule has 2 aliphatic heterocycles. The Bertz CT molecular complexity index is 1530. The van der Waals surface area contributed by atoms with E-state index < -0.39 is 46.9 Å². The minimum Gasteiger partial charge on any atom is -0.454 e. The molecule has 0 fully saturated rings. The van der Waals surface area contributed by atoms with Crippen LogP contribution in [0.15, 0.2) is 59.5 Å². The molecule has 34 heavy (non-hydrogen) atoms. The molecule has 0 saturated carbocycles. The van der Waals surface area contributed by atoms with E-state index >= 15 is 0 Å². The predicted molar refractivity (Wildman–Crippen MR) is 121 cm³/mol. The summed E-state index contributed by atoms with van der Waals surface area (Å²) >= 11 is 0. The van der Waals surface area contributed by atoms with Gasteiger partial charge in [0.15, 0.2) is 6.61 Å². The SMILES string of the molecule is CN1C(=O)c2ccc(NC(=O)COC(=O)CN3c4cccc5cccc(c45)S3(=O)=O)cc2C1=O. The van der Waals surface area contributed by atoms with E-state index in [4.69, 9.17) is 4.74 Å². The topological polar surface area (TPSA) is 130 Å². The van der Waals surface area contributed by atoms with Crippen LogP contribution in [0.2, 0.25) is 0 Å². The van der Waals surface area contributed by atoms with Gasteiger partial charge in [-0.25, -0.2) is 8.42 Å². The highest BCUT2D eigenvalue weighted by molar-refractivity contribution is 7.93. The molecule has 3 amide bonds. The van der Waals surface area contributed by atoms with E-state index in [9.17, 15) is 27.6 Å². The summed E-state index contributed by atoms with van der Waals surface area (Å²) in [6, 6.07) is 14.2. The molecule has 172 valence electrons. The van der Waals surface area contributed by atoms with Crippen molar-refractivity contribution < 1.29 is 32.3 Å². The van der Waals surface area contributed by atoms with E-state index in [1.165, 1.54) is 31.3 Å². The fraction of sp³-hybridized carbons (Fsp3) is 0.130. The van der Waals surface area contributed by atoms with Crippen LogP contribution >= 0.6 is 0 Å². The molecule has 5 rings (SSSR count). The molecule has 11 heteroatoms. The van der Waals surface area contributed by atoms with E-state index in [1.54, 1.807) is 30.3 Å². The molecule has 0 aromatic heterocycles. The van der Waals surface area contributed by atoms with Crippen LogP contribution in [0.4, 0.5) is 11.4 Å². The van der Waals surface area contributed by atoms with E-state index in [-0.39, 0.29) is 21.7 Å². The Balaban J connectivity index is 1.24. The number of rotatable bonds is 5. The van der Waals surface area contributed by atoms with E-state index in [2.05, 4.69) is 5.32 Å². The van der Waals surface area contributed by atoms with Crippen molar-refractivity contribution in [3.05, 3.63) is 65.7 Å². The first-order valence-electron chi connectivity index (χ1n) is 10.1. The Morgan fingerprint density at radius 3 is 2.44 bits per heavy atom. The Morgan fingerprint density at radius 2 is 1.68 bits per heavy atom. The number of fused-ring (bicyclic) bond motifs is 1. The average molecular weight is 479 g/mol. The van der Waals surface area contributed by atoms with Gasteiger partial charge in [-0.2, -0.15) is 0 Å². The number of imide groups is 1. The van der Waals surface area contributed by atoms with Crippen molar-refractivity contribution in [2.24, 2.45) is 0 Å². The Labute approximate surface area is 193 Å². The van der Waals surface area contributed by atoms with Gasteiger partial charge in [-0.1, -0.05) is 24.3 Å². The lowest BCUT2D eigenvalue weighted by Gasteiger charge is -2.17. The first-order chi connectivity index (χ1) is 16.2. The van der Waals surface area contributed by atoms with E-state index in [0.29, 0.717) is 11.1 Å². The molecular formula is C23H17N3O7S. The summed E-state index contributed by atoms with van der Waals surface area (Å²) in [4.78, 5) is 49.8. The summed E-state index contributed by atoms with van der Waals surface area (Å²) in [6.07, 6.45) is 0. The number of carbonyl (C=O) groups excluding carboxylic acids is 4. The Morgan fingerprint density at radius 1 is 0.971 bits per heavy atom. The molecule has 0 radical (unpaired) electrons. The number of nitrogens with zero attached hydrogens (tertiary/aromatic N) is 2. The summed E-state index contributed by atoms with van der Waals surface area (Å²) in [5.74, 6) is -2.50. The summed E-state index contributed by atoms with van der Waals surface area (Å²) in [7, 11) is -2.57. The number of hydrogen-bond donors (Lipinski definition) is 1. The third-order valence-corrected chi connectivity index (χ3v) is 7.49. The van der Waals surface area contributed by atoms with Crippen molar-refractivity contribution in [1.29, 1.82) is 0 Å². The minimum absolute atomic E-state index is 0.112. The fourth-order valence-electron chi connectivity index (χ4n) is 4.07. The van der Waals surface area contributed by atoms with E-state index in [1.807, 2.05) is 0 Å². The number of nitrogens with one attached hydrogen (secondary N) is 1. The maximum absolute atomic E-state index is 12.9. The highest BCUT2D eigenvalue weighted by atomic mass is 32.2. The molecule has 0 atom stereocenters. The van der Waals surface area contributed by atoms with Gasteiger partial charge in [0.1, 0.15) is 6.54 Å². The summed E-state index contributed by atoms with van der Waals surface area (Å²) in [6.45, 7) is -1.25. The normalized spacial score (nSPS) is 15.6. The zero-order valence-corrected chi connectivity index (χ0v) is 18.6. The fourth-order valence-corrected chi connectivity index (χ4v) is 5.73. The molecule has 0 unspecified atom stereocenters. The molecule has 3 aromatic rings. The zero-order chi connectivity index (χ0) is 24.2. The van der Waals surface area contributed by atoms with Crippen LogP contribution in [-0.4, -0.2) is 57.2 Å². The molecular weight excluding hydrogens is 462 g/mol. The van der Waals surface area contributed by atoms with Gasteiger partial charge in [-0.15, -0.1) is 0 Å². The molecule has 2 heterocycles. The standard InChI is InChI=1S/C23H17N3O7S/c1-25-22(29)15-9-8-14(10-16(15)23(25)30)24-19(27)12-33-20(28)11-26-17-6-2-4-13-5-3-7-18(21(13)17)34(26,31)32/h2-10H,11-12H2,1H3,(H,24,27). The van der Waals surface area contributed by atoms with Crippen LogP contribution in [0.3, 0.4) is 0 Å². The second kappa shape index (κ2) is 7.66. The van der Waals surface area contributed by atoms with Gasteiger partial charge >= 0.3 is 5.97 Å². The lowest BCUT2D eigenvalue weighted by atomic mass is 10.1. The summed E-state index contributed by atoms with van der Waals surface area (Å²) in [5.41, 5.74) is 1.02. The van der Waals surface area contributed by atoms with Crippen LogP contribution in [0.5, 0.6) is 0 Å². The number of hydrogen-bond acceptors (Lipinski definition) is 7. The molecule has 0 aliphatic carbocycles. The smallest absolute Gasteiger partial charge is 0.327 e. The third kappa shape index (κ3) is 3.28.